The van der Waals surface area contributed by atoms with E-state index in [1.54, 1.807) is 11.0 Å². The number of nitrogens with zero attached hydrogens (tertiary/aromatic N) is 3. The average Bonchev–Trinajstić information content (AvgIpc) is 3.32. The number of likely N-dealkylation sites (tertiary alicyclic amines) is 1. The molecule has 1 fully saturated rings. The summed E-state index contributed by atoms with van der Waals surface area (Å²) in [6.07, 6.45) is 0.281. The molecule has 1 atom stereocenters. The standard InChI is InChI=1S/C21H19ClFN3O3/c1-2-28-17-7-4-13(5-8-17)20-24-21(29-25-20)15-9-19(27)26(12-15)11-14-3-6-16(23)10-18(14)22/h3-8,10,15H,2,9,11-12H2,1H3. The first-order valence-corrected chi connectivity index (χ1v) is 9.70. The van der Waals surface area contributed by atoms with E-state index in [2.05, 4.69) is 10.1 Å². The van der Waals surface area contributed by atoms with Gasteiger partial charge in [-0.1, -0.05) is 22.8 Å². The molecule has 1 amide bonds. The molecule has 1 unspecified atom stereocenters. The average molecular weight is 416 g/mol. The predicted molar refractivity (Wildman–Crippen MR) is 105 cm³/mol. The fourth-order valence-corrected chi connectivity index (χ4v) is 3.56. The van der Waals surface area contributed by atoms with Gasteiger partial charge < -0.3 is 14.2 Å². The fourth-order valence-electron chi connectivity index (χ4n) is 3.33. The van der Waals surface area contributed by atoms with Gasteiger partial charge in [0, 0.05) is 30.1 Å². The minimum atomic E-state index is -0.406. The Hall–Kier alpha value is -2.93. The van der Waals surface area contributed by atoms with E-state index in [-0.39, 0.29) is 18.2 Å². The van der Waals surface area contributed by atoms with Crippen molar-refractivity contribution in [3.05, 3.63) is 64.8 Å². The van der Waals surface area contributed by atoms with Gasteiger partial charge in [0.15, 0.2) is 0 Å². The van der Waals surface area contributed by atoms with Gasteiger partial charge >= 0.3 is 0 Å². The van der Waals surface area contributed by atoms with Crippen LogP contribution in [-0.2, 0) is 11.3 Å². The highest BCUT2D eigenvalue weighted by molar-refractivity contribution is 6.31. The topological polar surface area (TPSA) is 68.5 Å². The van der Waals surface area contributed by atoms with Gasteiger partial charge in [0.25, 0.3) is 0 Å². The molecule has 150 valence electrons. The van der Waals surface area contributed by atoms with Gasteiger partial charge in [0.1, 0.15) is 11.6 Å². The van der Waals surface area contributed by atoms with Crippen molar-refractivity contribution in [1.29, 1.82) is 0 Å². The van der Waals surface area contributed by atoms with Crippen molar-refractivity contribution < 1.29 is 18.4 Å². The van der Waals surface area contributed by atoms with Gasteiger partial charge in [0.2, 0.25) is 17.6 Å². The highest BCUT2D eigenvalue weighted by atomic mass is 35.5. The third-order valence-corrected chi connectivity index (χ3v) is 5.16. The summed E-state index contributed by atoms with van der Waals surface area (Å²) in [5, 5.41) is 4.35. The smallest absolute Gasteiger partial charge is 0.232 e. The van der Waals surface area contributed by atoms with Gasteiger partial charge in [0.05, 0.1) is 12.5 Å². The Morgan fingerprint density at radius 2 is 2.07 bits per heavy atom. The van der Waals surface area contributed by atoms with Crippen molar-refractivity contribution in [1.82, 2.24) is 15.0 Å². The number of halogens is 2. The molecule has 0 bridgehead atoms. The summed E-state index contributed by atoms with van der Waals surface area (Å²) in [4.78, 5) is 18.6. The summed E-state index contributed by atoms with van der Waals surface area (Å²) in [7, 11) is 0. The number of aromatic nitrogens is 2. The Kier molecular flexibility index (Phi) is 5.49. The molecule has 4 rings (SSSR count). The normalized spacial score (nSPS) is 16.4. The van der Waals surface area contributed by atoms with E-state index >= 15 is 0 Å². The van der Waals surface area contributed by atoms with Crippen LogP contribution in [0.5, 0.6) is 5.75 Å². The number of hydrogen-bond acceptors (Lipinski definition) is 5. The van der Waals surface area contributed by atoms with Crippen LogP contribution in [0.25, 0.3) is 11.4 Å². The quantitative estimate of drug-likeness (QED) is 0.595. The number of rotatable bonds is 6. The summed E-state index contributed by atoms with van der Waals surface area (Å²) < 4.78 is 24.1. The van der Waals surface area contributed by atoms with E-state index in [1.807, 2.05) is 31.2 Å². The third kappa shape index (κ3) is 4.24. The zero-order chi connectivity index (χ0) is 20.4. The lowest BCUT2D eigenvalue weighted by molar-refractivity contribution is -0.128. The predicted octanol–water partition coefficient (Wildman–Crippen LogP) is 4.44. The van der Waals surface area contributed by atoms with Crippen LogP contribution in [0.4, 0.5) is 4.39 Å². The van der Waals surface area contributed by atoms with E-state index in [4.69, 9.17) is 20.9 Å². The molecule has 1 aliphatic heterocycles. The second-order valence-electron chi connectivity index (χ2n) is 6.82. The van der Waals surface area contributed by atoms with Crippen LogP contribution < -0.4 is 4.74 Å². The maximum atomic E-state index is 13.2. The molecule has 0 N–H and O–H groups in total. The zero-order valence-electron chi connectivity index (χ0n) is 15.8. The summed E-state index contributed by atoms with van der Waals surface area (Å²) in [5.74, 6) is 1.04. The van der Waals surface area contributed by atoms with E-state index in [9.17, 15) is 9.18 Å². The number of carbonyl (C=O) groups excluding carboxylic acids is 1. The van der Waals surface area contributed by atoms with Crippen LogP contribution in [0.15, 0.2) is 47.0 Å². The highest BCUT2D eigenvalue weighted by Crippen LogP contribution is 2.31. The molecule has 2 heterocycles. The minimum absolute atomic E-state index is 0.0313. The lowest BCUT2D eigenvalue weighted by Gasteiger charge is -2.17. The van der Waals surface area contributed by atoms with E-state index in [0.717, 1.165) is 11.3 Å². The van der Waals surface area contributed by atoms with Gasteiger partial charge in [-0.2, -0.15) is 4.98 Å². The Balaban J connectivity index is 1.45. The van der Waals surface area contributed by atoms with Crippen molar-refractivity contribution in [2.45, 2.75) is 25.8 Å². The van der Waals surface area contributed by atoms with Crippen molar-refractivity contribution in [2.24, 2.45) is 0 Å². The van der Waals surface area contributed by atoms with E-state index < -0.39 is 5.82 Å². The molecule has 0 radical (unpaired) electrons. The largest absolute Gasteiger partial charge is 0.494 e. The SMILES string of the molecule is CCOc1ccc(-c2noc(C3CC(=O)N(Cc4ccc(F)cc4Cl)C3)n2)cc1. The number of carbonyl (C=O) groups is 1. The molecule has 2 aromatic carbocycles. The molecule has 1 aromatic heterocycles. The summed E-state index contributed by atoms with van der Waals surface area (Å²) in [6, 6.07) is 11.6. The summed E-state index contributed by atoms with van der Waals surface area (Å²) >= 11 is 6.08. The second-order valence-corrected chi connectivity index (χ2v) is 7.23. The lowest BCUT2D eigenvalue weighted by atomic mass is 10.1. The second kappa shape index (κ2) is 8.21. The van der Waals surface area contributed by atoms with Crippen LogP contribution in [0.2, 0.25) is 5.02 Å². The molecule has 6 nitrogen and oxygen atoms in total. The number of ether oxygens (including phenoxy) is 1. The zero-order valence-corrected chi connectivity index (χ0v) is 16.5. The van der Waals surface area contributed by atoms with Crippen LogP contribution >= 0.6 is 11.6 Å². The molecule has 3 aromatic rings. The van der Waals surface area contributed by atoms with Crippen molar-refractivity contribution in [2.75, 3.05) is 13.2 Å². The molecule has 1 saturated heterocycles. The first-order chi connectivity index (χ1) is 14.0. The molecule has 0 spiro atoms. The molecule has 0 saturated carbocycles. The minimum Gasteiger partial charge on any atom is -0.494 e. The first kappa shape index (κ1) is 19.4. The van der Waals surface area contributed by atoms with E-state index in [1.165, 1.54) is 12.1 Å². The Morgan fingerprint density at radius 1 is 1.28 bits per heavy atom. The molecule has 29 heavy (non-hydrogen) atoms. The monoisotopic (exact) mass is 415 g/mol. The molecule has 1 aliphatic rings. The van der Waals surface area contributed by atoms with Crippen molar-refractivity contribution >= 4 is 17.5 Å². The molecule has 0 aliphatic carbocycles. The van der Waals surface area contributed by atoms with Crippen molar-refractivity contribution in [3.8, 4) is 17.1 Å². The van der Waals surface area contributed by atoms with Gasteiger partial charge in [-0.15, -0.1) is 0 Å². The highest BCUT2D eigenvalue weighted by Gasteiger charge is 2.34. The fraction of sp³-hybridized carbons (Fsp3) is 0.286. The lowest BCUT2D eigenvalue weighted by Crippen LogP contribution is -2.24. The number of amides is 1. The van der Waals surface area contributed by atoms with E-state index in [0.29, 0.717) is 42.0 Å². The summed E-state index contributed by atoms with van der Waals surface area (Å²) in [6.45, 7) is 3.28. The number of benzene rings is 2. The van der Waals surface area contributed by atoms with Gasteiger partial charge in [-0.3, -0.25) is 4.79 Å². The third-order valence-electron chi connectivity index (χ3n) is 4.81. The Labute approximate surface area is 172 Å². The number of hydrogen-bond donors (Lipinski definition) is 0. The van der Waals surface area contributed by atoms with Gasteiger partial charge in [-0.05, 0) is 48.9 Å². The Morgan fingerprint density at radius 3 is 2.79 bits per heavy atom. The van der Waals surface area contributed by atoms with Crippen LogP contribution in [-0.4, -0.2) is 34.1 Å². The van der Waals surface area contributed by atoms with Crippen LogP contribution in [0.1, 0.15) is 30.7 Å². The van der Waals surface area contributed by atoms with Crippen molar-refractivity contribution in [3.63, 3.8) is 0 Å². The molecular formula is C21H19ClFN3O3. The van der Waals surface area contributed by atoms with Crippen LogP contribution in [0.3, 0.4) is 0 Å². The molecule has 8 heteroatoms. The summed E-state index contributed by atoms with van der Waals surface area (Å²) in [5.41, 5.74) is 1.50. The molecular weight excluding hydrogens is 397 g/mol. The maximum absolute atomic E-state index is 13.2. The first-order valence-electron chi connectivity index (χ1n) is 9.32. The van der Waals surface area contributed by atoms with Crippen LogP contribution in [0, 0.1) is 5.82 Å². The van der Waals surface area contributed by atoms with Gasteiger partial charge in [-0.25, -0.2) is 4.39 Å². The maximum Gasteiger partial charge on any atom is 0.232 e. The Bertz CT molecular complexity index is 1020.